The molecule has 0 fully saturated rings. The van der Waals surface area contributed by atoms with Gasteiger partial charge in [-0.2, -0.15) is 0 Å². The average Bonchev–Trinajstić information content (AvgIpc) is 3.01. The summed E-state index contributed by atoms with van der Waals surface area (Å²) in [6, 6.07) is 11.3. The maximum absolute atomic E-state index is 11.5. The molecule has 0 spiro atoms. The maximum atomic E-state index is 11.5. The number of fused-ring (bicyclic) bond motifs is 2. The Bertz CT molecular complexity index is 759. The highest BCUT2D eigenvalue weighted by molar-refractivity contribution is 9.10. The highest BCUT2D eigenvalue weighted by Crippen LogP contribution is 2.32. The Morgan fingerprint density at radius 3 is 1.92 bits per heavy atom. The second-order valence-electron chi connectivity index (χ2n) is 6.47. The minimum atomic E-state index is 0.111. The lowest BCUT2D eigenvalue weighted by Gasteiger charge is -1.98. The van der Waals surface area contributed by atoms with Gasteiger partial charge in [0.1, 0.15) is 0 Å². The van der Waals surface area contributed by atoms with Gasteiger partial charge in [-0.1, -0.05) is 65.6 Å². The average molecular weight is 406 g/mol. The van der Waals surface area contributed by atoms with Crippen molar-refractivity contribution >= 4 is 39.1 Å². The van der Waals surface area contributed by atoms with Crippen LogP contribution in [0.15, 0.2) is 40.9 Å². The molecule has 0 amide bonds. The number of hydrogen-bond acceptors (Lipinski definition) is 2. The molecule has 2 atom stereocenters. The van der Waals surface area contributed by atoms with Crippen LogP contribution in [0, 0.1) is 11.8 Å². The van der Waals surface area contributed by atoms with E-state index in [2.05, 4.69) is 15.9 Å². The van der Waals surface area contributed by atoms with E-state index in [1.54, 1.807) is 0 Å². The van der Waals surface area contributed by atoms with Gasteiger partial charge in [0, 0.05) is 32.5 Å². The van der Waals surface area contributed by atoms with Crippen LogP contribution in [0.5, 0.6) is 0 Å². The molecule has 124 valence electrons. The molecular weight excluding hydrogens is 388 g/mol. The van der Waals surface area contributed by atoms with E-state index in [-0.39, 0.29) is 23.4 Å². The zero-order valence-electron chi connectivity index (χ0n) is 13.6. The van der Waals surface area contributed by atoms with Crippen LogP contribution in [0.25, 0.3) is 0 Å². The first kappa shape index (κ1) is 17.4. The third kappa shape index (κ3) is 3.07. The summed E-state index contributed by atoms with van der Waals surface area (Å²) < 4.78 is 1.07. The molecule has 24 heavy (non-hydrogen) atoms. The van der Waals surface area contributed by atoms with Gasteiger partial charge in [0.25, 0.3) is 0 Å². The molecular formula is C20H18BrClO2. The summed E-state index contributed by atoms with van der Waals surface area (Å²) in [5.41, 5.74) is 3.92. The molecule has 0 N–H and O–H groups in total. The fourth-order valence-corrected chi connectivity index (χ4v) is 4.10. The number of halogens is 2. The largest absolute Gasteiger partial charge is 0.294 e. The third-order valence-corrected chi connectivity index (χ3v) is 5.78. The van der Waals surface area contributed by atoms with E-state index in [0.717, 1.165) is 39.0 Å². The molecule has 2 aliphatic rings. The molecule has 0 radical (unpaired) electrons. The maximum Gasteiger partial charge on any atom is 0.166 e. The van der Waals surface area contributed by atoms with Crippen molar-refractivity contribution in [2.75, 3.05) is 0 Å². The topological polar surface area (TPSA) is 34.1 Å². The fourth-order valence-electron chi connectivity index (χ4n) is 3.32. The number of rotatable bonds is 0. The first-order chi connectivity index (χ1) is 11.4. The SMILES string of the molecule is CC1Cc2c(Br)cccc2C1=O.CC1Cc2c(Cl)cccc2C1=O. The van der Waals surface area contributed by atoms with Gasteiger partial charge in [-0.25, -0.2) is 0 Å². The molecule has 0 aromatic heterocycles. The normalized spacial score (nSPS) is 21.2. The quantitative estimate of drug-likeness (QED) is 0.577. The van der Waals surface area contributed by atoms with Crippen molar-refractivity contribution in [3.05, 3.63) is 68.1 Å². The summed E-state index contributed by atoms with van der Waals surface area (Å²) in [4.78, 5) is 23.0. The molecule has 0 aliphatic heterocycles. The van der Waals surface area contributed by atoms with Crippen molar-refractivity contribution in [1.82, 2.24) is 0 Å². The zero-order valence-corrected chi connectivity index (χ0v) is 15.9. The number of benzene rings is 2. The van der Waals surface area contributed by atoms with E-state index in [4.69, 9.17) is 11.6 Å². The summed E-state index contributed by atoms with van der Waals surface area (Å²) in [5.74, 6) is 0.789. The Balaban J connectivity index is 0.000000141. The van der Waals surface area contributed by atoms with Crippen LogP contribution in [-0.4, -0.2) is 11.6 Å². The summed E-state index contributed by atoms with van der Waals surface area (Å²) >= 11 is 9.40. The van der Waals surface area contributed by atoms with E-state index in [1.165, 1.54) is 5.56 Å². The molecule has 0 saturated carbocycles. The van der Waals surface area contributed by atoms with E-state index >= 15 is 0 Å². The Hall–Kier alpha value is -1.45. The van der Waals surface area contributed by atoms with Crippen molar-refractivity contribution in [3.63, 3.8) is 0 Å². The molecule has 2 unspecified atom stereocenters. The summed E-state index contributed by atoms with van der Waals surface area (Å²) in [6.07, 6.45) is 1.68. The van der Waals surface area contributed by atoms with Crippen LogP contribution in [0.3, 0.4) is 0 Å². The van der Waals surface area contributed by atoms with Gasteiger partial charge in [-0.15, -0.1) is 0 Å². The van der Waals surface area contributed by atoms with Crippen LogP contribution in [-0.2, 0) is 12.8 Å². The zero-order chi connectivity index (χ0) is 17.4. The number of carbonyl (C=O) groups excluding carboxylic acids is 2. The Morgan fingerprint density at radius 1 is 0.875 bits per heavy atom. The second-order valence-corrected chi connectivity index (χ2v) is 7.73. The van der Waals surface area contributed by atoms with Crippen LogP contribution in [0.2, 0.25) is 5.02 Å². The van der Waals surface area contributed by atoms with Gasteiger partial charge in [0.05, 0.1) is 0 Å². The number of Topliss-reactive ketones (excluding diaryl/α,β-unsaturated/α-hetero) is 2. The van der Waals surface area contributed by atoms with Gasteiger partial charge >= 0.3 is 0 Å². The Labute approximate surface area is 155 Å². The first-order valence-corrected chi connectivity index (χ1v) is 9.20. The van der Waals surface area contributed by atoms with Crippen molar-refractivity contribution < 1.29 is 9.59 Å². The highest BCUT2D eigenvalue weighted by Gasteiger charge is 2.28. The molecule has 0 saturated heterocycles. The second kappa shape index (κ2) is 6.81. The lowest BCUT2D eigenvalue weighted by atomic mass is 10.1. The van der Waals surface area contributed by atoms with Crippen molar-refractivity contribution in [1.29, 1.82) is 0 Å². The Morgan fingerprint density at radius 2 is 1.38 bits per heavy atom. The van der Waals surface area contributed by atoms with E-state index < -0.39 is 0 Å². The first-order valence-electron chi connectivity index (χ1n) is 8.03. The van der Waals surface area contributed by atoms with Crippen LogP contribution in [0.1, 0.15) is 45.7 Å². The van der Waals surface area contributed by atoms with Gasteiger partial charge in [0.2, 0.25) is 0 Å². The van der Waals surface area contributed by atoms with Crippen LogP contribution in [0.4, 0.5) is 0 Å². The van der Waals surface area contributed by atoms with Crippen LogP contribution < -0.4 is 0 Å². The molecule has 2 aromatic rings. The minimum absolute atomic E-state index is 0.111. The lowest BCUT2D eigenvalue weighted by Crippen LogP contribution is -2.02. The summed E-state index contributed by atoms with van der Waals surface area (Å²) in [6.45, 7) is 3.92. The molecule has 4 rings (SSSR count). The molecule has 2 aliphatic carbocycles. The number of hydrogen-bond donors (Lipinski definition) is 0. The molecule has 0 heterocycles. The van der Waals surface area contributed by atoms with Gasteiger partial charge in [0.15, 0.2) is 11.6 Å². The molecule has 2 aromatic carbocycles. The predicted molar refractivity (Wildman–Crippen MR) is 100.0 cm³/mol. The third-order valence-electron chi connectivity index (χ3n) is 4.68. The summed E-state index contributed by atoms with van der Waals surface area (Å²) in [7, 11) is 0. The van der Waals surface area contributed by atoms with E-state index in [0.29, 0.717) is 0 Å². The number of ketones is 2. The highest BCUT2D eigenvalue weighted by atomic mass is 79.9. The predicted octanol–water partition coefficient (Wildman–Crippen LogP) is 5.54. The van der Waals surface area contributed by atoms with Crippen molar-refractivity contribution in [3.8, 4) is 0 Å². The standard InChI is InChI=1S/C10H9BrO.C10H9ClO/c2*1-6-5-8-7(10(6)12)3-2-4-9(8)11/h2*2-4,6H,5H2,1H3. The molecule has 4 heteroatoms. The van der Waals surface area contributed by atoms with Crippen molar-refractivity contribution in [2.45, 2.75) is 26.7 Å². The fraction of sp³-hybridized carbons (Fsp3) is 0.300. The van der Waals surface area contributed by atoms with Gasteiger partial charge < -0.3 is 0 Å². The van der Waals surface area contributed by atoms with Crippen LogP contribution >= 0.6 is 27.5 Å². The smallest absolute Gasteiger partial charge is 0.166 e. The van der Waals surface area contributed by atoms with E-state index in [1.807, 2.05) is 50.2 Å². The monoisotopic (exact) mass is 404 g/mol. The number of carbonyl (C=O) groups is 2. The van der Waals surface area contributed by atoms with E-state index in [9.17, 15) is 9.59 Å². The summed E-state index contributed by atoms with van der Waals surface area (Å²) in [5, 5.41) is 0.727. The van der Waals surface area contributed by atoms with Gasteiger partial charge in [-0.05, 0) is 36.1 Å². The molecule has 2 nitrogen and oxygen atoms in total. The minimum Gasteiger partial charge on any atom is -0.294 e. The molecule has 0 bridgehead atoms. The lowest BCUT2D eigenvalue weighted by molar-refractivity contribution is 0.0939. The Kier molecular flexibility index (Phi) is 4.93. The van der Waals surface area contributed by atoms with Gasteiger partial charge in [-0.3, -0.25) is 9.59 Å². The van der Waals surface area contributed by atoms with Crippen molar-refractivity contribution in [2.24, 2.45) is 11.8 Å².